The average Bonchev–Trinajstić information content (AvgIpc) is 2.42. The van der Waals surface area contributed by atoms with Crippen molar-refractivity contribution in [1.82, 2.24) is 16.0 Å². The number of ether oxygens (including phenoxy) is 1. The van der Waals surface area contributed by atoms with E-state index < -0.39 is 18.0 Å². The number of benzene rings is 1. The molecule has 21 heavy (non-hydrogen) atoms. The molecule has 1 aromatic carbocycles. The molecule has 1 unspecified atom stereocenters. The molecular formula is C14H20BrN3O3. The molecule has 0 saturated heterocycles. The molecule has 3 N–H and O–H groups in total. The first kappa shape index (κ1) is 17.5. The molecule has 1 rings (SSSR count). The number of nitrogens with one attached hydrogen (secondary N) is 3. The van der Waals surface area contributed by atoms with Crippen LogP contribution in [-0.4, -0.2) is 31.6 Å². The lowest BCUT2D eigenvalue weighted by atomic mass is 10.2. The van der Waals surface area contributed by atoms with E-state index in [1.165, 1.54) is 0 Å². The monoisotopic (exact) mass is 357 g/mol. The fourth-order valence-corrected chi connectivity index (χ4v) is 2.14. The third-order valence-electron chi connectivity index (χ3n) is 2.62. The quantitative estimate of drug-likeness (QED) is 0.724. The molecular weight excluding hydrogens is 338 g/mol. The summed E-state index contributed by atoms with van der Waals surface area (Å²) in [5, 5.41) is 7.75. The van der Waals surface area contributed by atoms with Crippen molar-refractivity contribution in [2.45, 2.75) is 26.5 Å². The third kappa shape index (κ3) is 5.73. The number of amides is 3. The van der Waals surface area contributed by atoms with Gasteiger partial charge in [-0.05, 0) is 54.5 Å². The van der Waals surface area contributed by atoms with E-state index in [1.54, 1.807) is 19.9 Å². The summed E-state index contributed by atoms with van der Waals surface area (Å²) < 4.78 is 6.32. The van der Waals surface area contributed by atoms with Gasteiger partial charge in [-0.15, -0.1) is 0 Å². The van der Waals surface area contributed by atoms with Gasteiger partial charge in [0.15, 0.2) is 6.10 Å². The van der Waals surface area contributed by atoms with Crippen LogP contribution in [0.5, 0.6) is 5.75 Å². The summed E-state index contributed by atoms with van der Waals surface area (Å²) in [6.45, 7) is 4.55. The standard InChI is InChI=1S/C14H20BrN3O3/c1-4-17-14(20)18-13(19)9(2)21-12-6-5-10(8-16-3)7-11(12)15/h5-7,9,16H,4,8H2,1-3H3,(H2,17,18,19,20). The van der Waals surface area contributed by atoms with Gasteiger partial charge in [0, 0.05) is 13.1 Å². The summed E-state index contributed by atoms with van der Waals surface area (Å²) in [7, 11) is 1.87. The van der Waals surface area contributed by atoms with Gasteiger partial charge in [-0.1, -0.05) is 6.07 Å². The molecule has 0 saturated carbocycles. The van der Waals surface area contributed by atoms with Crippen molar-refractivity contribution in [2.75, 3.05) is 13.6 Å². The van der Waals surface area contributed by atoms with Gasteiger partial charge in [0.05, 0.1) is 4.47 Å². The Bertz CT molecular complexity index is 508. The van der Waals surface area contributed by atoms with Gasteiger partial charge < -0.3 is 15.4 Å². The minimum absolute atomic E-state index is 0.451. The van der Waals surface area contributed by atoms with E-state index in [0.717, 1.165) is 16.6 Å². The Balaban J connectivity index is 2.63. The number of urea groups is 1. The second kappa shape index (κ2) is 8.63. The smallest absolute Gasteiger partial charge is 0.321 e. The SMILES string of the molecule is CCNC(=O)NC(=O)C(C)Oc1ccc(CNC)cc1Br. The summed E-state index contributed by atoms with van der Waals surface area (Å²) in [5.41, 5.74) is 1.09. The molecule has 0 aliphatic rings. The zero-order valence-electron chi connectivity index (χ0n) is 12.3. The second-order valence-electron chi connectivity index (χ2n) is 4.40. The summed E-state index contributed by atoms with van der Waals surface area (Å²) in [5.74, 6) is 0.0561. The fraction of sp³-hybridized carbons (Fsp3) is 0.429. The van der Waals surface area contributed by atoms with Crippen LogP contribution in [0, 0.1) is 0 Å². The third-order valence-corrected chi connectivity index (χ3v) is 3.24. The predicted octanol–water partition coefficient (Wildman–Crippen LogP) is 1.78. The van der Waals surface area contributed by atoms with E-state index in [2.05, 4.69) is 31.9 Å². The molecule has 6 nitrogen and oxygen atoms in total. The number of hydrogen-bond acceptors (Lipinski definition) is 4. The first-order chi connectivity index (χ1) is 9.97. The van der Waals surface area contributed by atoms with Gasteiger partial charge in [0.2, 0.25) is 0 Å². The molecule has 7 heteroatoms. The molecule has 0 aliphatic heterocycles. The van der Waals surface area contributed by atoms with Crippen LogP contribution in [0.25, 0.3) is 0 Å². The lowest BCUT2D eigenvalue weighted by molar-refractivity contribution is -0.126. The van der Waals surface area contributed by atoms with E-state index >= 15 is 0 Å². The molecule has 1 atom stereocenters. The Morgan fingerprint density at radius 3 is 2.67 bits per heavy atom. The highest BCUT2D eigenvalue weighted by molar-refractivity contribution is 9.10. The zero-order chi connectivity index (χ0) is 15.8. The number of hydrogen-bond donors (Lipinski definition) is 3. The first-order valence-corrected chi connectivity index (χ1v) is 7.45. The maximum Gasteiger partial charge on any atom is 0.321 e. The Morgan fingerprint density at radius 1 is 1.38 bits per heavy atom. The van der Waals surface area contributed by atoms with Crippen molar-refractivity contribution in [3.63, 3.8) is 0 Å². The van der Waals surface area contributed by atoms with Crippen LogP contribution in [0.15, 0.2) is 22.7 Å². The lowest BCUT2D eigenvalue weighted by Gasteiger charge is -2.16. The van der Waals surface area contributed by atoms with Gasteiger partial charge in [-0.3, -0.25) is 10.1 Å². The molecule has 0 radical (unpaired) electrons. The van der Waals surface area contributed by atoms with Crippen LogP contribution in [0.4, 0.5) is 4.79 Å². The van der Waals surface area contributed by atoms with Crippen molar-refractivity contribution >= 4 is 27.9 Å². The molecule has 3 amide bonds. The predicted molar refractivity (Wildman–Crippen MR) is 84.2 cm³/mol. The molecule has 0 aromatic heterocycles. The van der Waals surface area contributed by atoms with Crippen molar-refractivity contribution in [3.8, 4) is 5.75 Å². The number of carbonyl (C=O) groups is 2. The molecule has 1 aromatic rings. The maximum absolute atomic E-state index is 11.8. The first-order valence-electron chi connectivity index (χ1n) is 6.66. The largest absolute Gasteiger partial charge is 0.480 e. The van der Waals surface area contributed by atoms with Gasteiger partial charge in [-0.2, -0.15) is 0 Å². The zero-order valence-corrected chi connectivity index (χ0v) is 13.9. The van der Waals surface area contributed by atoms with E-state index in [-0.39, 0.29) is 0 Å². The van der Waals surface area contributed by atoms with Crippen LogP contribution in [0.2, 0.25) is 0 Å². The van der Waals surface area contributed by atoms with Crippen molar-refractivity contribution < 1.29 is 14.3 Å². The van der Waals surface area contributed by atoms with E-state index in [0.29, 0.717) is 12.3 Å². The summed E-state index contributed by atoms with van der Waals surface area (Å²) >= 11 is 3.41. The van der Waals surface area contributed by atoms with Crippen LogP contribution in [0.1, 0.15) is 19.4 Å². The van der Waals surface area contributed by atoms with Gasteiger partial charge in [-0.25, -0.2) is 4.79 Å². The van der Waals surface area contributed by atoms with Crippen molar-refractivity contribution in [2.24, 2.45) is 0 Å². The fourth-order valence-electron chi connectivity index (χ4n) is 1.62. The van der Waals surface area contributed by atoms with E-state index in [1.807, 2.05) is 19.2 Å². The summed E-state index contributed by atoms with van der Waals surface area (Å²) in [6, 6.07) is 5.08. The second-order valence-corrected chi connectivity index (χ2v) is 5.26. The van der Waals surface area contributed by atoms with E-state index in [4.69, 9.17) is 4.74 Å². The van der Waals surface area contributed by atoms with Gasteiger partial charge in [0.1, 0.15) is 5.75 Å². The van der Waals surface area contributed by atoms with Crippen molar-refractivity contribution in [1.29, 1.82) is 0 Å². The molecule has 0 aliphatic carbocycles. The highest BCUT2D eigenvalue weighted by Gasteiger charge is 2.18. The minimum Gasteiger partial charge on any atom is -0.480 e. The Labute approximate surface area is 132 Å². The topological polar surface area (TPSA) is 79.5 Å². The Kier molecular flexibility index (Phi) is 7.18. The molecule has 0 bridgehead atoms. The highest BCUT2D eigenvalue weighted by Crippen LogP contribution is 2.27. The average molecular weight is 358 g/mol. The summed E-state index contributed by atoms with van der Waals surface area (Å²) in [6.07, 6.45) is -0.779. The summed E-state index contributed by atoms with van der Waals surface area (Å²) in [4.78, 5) is 23.1. The normalized spacial score (nSPS) is 11.6. The Morgan fingerprint density at radius 2 is 2.10 bits per heavy atom. The van der Waals surface area contributed by atoms with Gasteiger partial charge >= 0.3 is 6.03 Å². The van der Waals surface area contributed by atoms with Crippen LogP contribution in [0.3, 0.4) is 0 Å². The maximum atomic E-state index is 11.8. The number of carbonyl (C=O) groups excluding carboxylic acids is 2. The lowest BCUT2D eigenvalue weighted by Crippen LogP contribution is -2.45. The minimum atomic E-state index is -0.779. The molecule has 0 spiro atoms. The molecule has 0 fully saturated rings. The molecule has 0 heterocycles. The Hall–Kier alpha value is -1.60. The highest BCUT2D eigenvalue weighted by atomic mass is 79.9. The van der Waals surface area contributed by atoms with Crippen LogP contribution < -0.4 is 20.7 Å². The molecule has 116 valence electrons. The number of rotatable bonds is 6. The van der Waals surface area contributed by atoms with Crippen molar-refractivity contribution in [3.05, 3.63) is 28.2 Å². The van der Waals surface area contributed by atoms with Crippen LogP contribution in [-0.2, 0) is 11.3 Å². The van der Waals surface area contributed by atoms with E-state index in [9.17, 15) is 9.59 Å². The van der Waals surface area contributed by atoms with Crippen LogP contribution >= 0.6 is 15.9 Å². The number of halogens is 1. The van der Waals surface area contributed by atoms with Gasteiger partial charge in [0.25, 0.3) is 5.91 Å². The number of imide groups is 1.